The van der Waals surface area contributed by atoms with Gasteiger partial charge in [-0.1, -0.05) is 30.3 Å². The molecule has 2 amide bonds. The average Bonchev–Trinajstić information content (AvgIpc) is 3.27. The molecule has 4 rings (SSSR count). The van der Waals surface area contributed by atoms with Crippen LogP contribution in [0, 0.1) is 0 Å². The minimum Gasteiger partial charge on any atom is -0.497 e. The third-order valence-corrected chi connectivity index (χ3v) is 6.92. The Morgan fingerprint density at radius 2 is 1.94 bits per heavy atom. The number of rotatable bonds is 6. The molecule has 2 aromatic carbocycles. The SMILES string of the molecule is CC[NH+]1CCCC1CNC(=O)C1c2ccccc2C(=O)N(C)C1c1ccc(OC)cc1. The zero-order valence-corrected chi connectivity index (χ0v) is 18.6. The van der Waals surface area contributed by atoms with E-state index in [0.29, 0.717) is 18.2 Å². The first-order chi connectivity index (χ1) is 15.0. The van der Waals surface area contributed by atoms with Crippen LogP contribution < -0.4 is 15.0 Å². The number of benzene rings is 2. The van der Waals surface area contributed by atoms with E-state index >= 15 is 0 Å². The van der Waals surface area contributed by atoms with Gasteiger partial charge in [-0.15, -0.1) is 0 Å². The molecule has 0 aliphatic carbocycles. The van der Waals surface area contributed by atoms with E-state index in [1.54, 1.807) is 24.0 Å². The number of nitrogens with zero attached hydrogens (tertiary/aromatic N) is 1. The molecule has 0 saturated carbocycles. The molecular formula is C25H32N3O3+. The number of carbonyl (C=O) groups excluding carboxylic acids is 2. The summed E-state index contributed by atoms with van der Waals surface area (Å²) < 4.78 is 5.29. The highest BCUT2D eigenvalue weighted by atomic mass is 16.5. The molecule has 2 aromatic rings. The Morgan fingerprint density at radius 3 is 2.65 bits per heavy atom. The summed E-state index contributed by atoms with van der Waals surface area (Å²) in [5.74, 6) is 0.213. The van der Waals surface area contributed by atoms with E-state index in [9.17, 15) is 9.59 Å². The molecule has 6 nitrogen and oxygen atoms in total. The summed E-state index contributed by atoms with van der Waals surface area (Å²) in [6.07, 6.45) is 2.35. The Morgan fingerprint density at radius 1 is 1.19 bits per heavy atom. The Hall–Kier alpha value is -2.86. The van der Waals surface area contributed by atoms with E-state index in [1.165, 1.54) is 13.0 Å². The maximum Gasteiger partial charge on any atom is 0.254 e. The summed E-state index contributed by atoms with van der Waals surface area (Å²) in [5, 5.41) is 3.23. The van der Waals surface area contributed by atoms with Crippen LogP contribution in [0.3, 0.4) is 0 Å². The standard InChI is InChI=1S/C25H31N3O3/c1-4-28-15-7-8-18(28)16-26-24(29)22-20-9-5-6-10-21(20)25(30)27(2)23(22)17-11-13-19(31-3)14-12-17/h5-6,9-14,18,22-23H,4,7-8,15-16H2,1-3H3,(H,26,29)/p+1. The number of methoxy groups -OCH3 is 1. The first kappa shape index (κ1) is 21.4. The van der Waals surface area contributed by atoms with Crippen molar-refractivity contribution in [3.8, 4) is 5.75 Å². The summed E-state index contributed by atoms with van der Waals surface area (Å²) in [6.45, 7) is 5.13. The number of hydrogen-bond acceptors (Lipinski definition) is 3. The summed E-state index contributed by atoms with van der Waals surface area (Å²) >= 11 is 0. The van der Waals surface area contributed by atoms with Gasteiger partial charge in [0, 0.05) is 25.5 Å². The molecule has 31 heavy (non-hydrogen) atoms. The minimum absolute atomic E-state index is 0.0185. The van der Waals surface area contributed by atoms with Crippen molar-refractivity contribution in [2.24, 2.45) is 0 Å². The van der Waals surface area contributed by atoms with E-state index in [4.69, 9.17) is 4.74 Å². The van der Waals surface area contributed by atoms with Crippen molar-refractivity contribution < 1.29 is 19.2 Å². The molecule has 2 N–H and O–H groups in total. The van der Waals surface area contributed by atoms with Gasteiger partial charge in [0.25, 0.3) is 5.91 Å². The van der Waals surface area contributed by atoms with Crippen molar-refractivity contribution >= 4 is 11.8 Å². The molecule has 4 atom stereocenters. The Balaban J connectivity index is 1.66. The topological polar surface area (TPSA) is 63.1 Å². The quantitative estimate of drug-likeness (QED) is 0.746. The lowest BCUT2D eigenvalue weighted by Crippen LogP contribution is -3.14. The number of ether oxygens (including phenoxy) is 1. The second kappa shape index (κ2) is 9.10. The van der Waals surface area contributed by atoms with Crippen molar-refractivity contribution in [2.45, 2.75) is 37.8 Å². The summed E-state index contributed by atoms with van der Waals surface area (Å²) in [5.41, 5.74) is 2.33. The fraction of sp³-hybridized carbons (Fsp3) is 0.440. The predicted octanol–water partition coefficient (Wildman–Crippen LogP) is 1.79. The normalized spacial score (nSPS) is 25.3. The monoisotopic (exact) mass is 422 g/mol. The maximum absolute atomic E-state index is 13.6. The number of fused-ring (bicyclic) bond motifs is 1. The maximum atomic E-state index is 13.6. The molecule has 1 fully saturated rings. The molecule has 4 unspecified atom stereocenters. The van der Waals surface area contributed by atoms with Crippen LogP contribution in [0.25, 0.3) is 0 Å². The van der Waals surface area contributed by atoms with Gasteiger partial charge < -0.3 is 19.9 Å². The lowest BCUT2D eigenvalue weighted by Gasteiger charge is -2.40. The second-order valence-electron chi connectivity index (χ2n) is 8.55. The molecule has 6 heteroatoms. The number of likely N-dealkylation sites (tertiary alicyclic amines) is 1. The zero-order valence-electron chi connectivity index (χ0n) is 18.6. The Bertz CT molecular complexity index is 943. The van der Waals surface area contributed by atoms with Crippen molar-refractivity contribution in [3.05, 3.63) is 65.2 Å². The zero-order chi connectivity index (χ0) is 22.0. The molecule has 1 saturated heterocycles. The number of quaternary nitrogens is 1. The summed E-state index contributed by atoms with van der Waals surface area (Å²) in [6, 6.07) is 15.2. The van der Waals surface area contributed by atoms with E-state index in [0.717, 1.165) is 29.8 Å². The fourth-order valence-corrected chi connectivity index (χ4v) is 5.20. The highest BCUT2D eigenvalue weighted by Crippen LogP contribution is 2.42. The first-order valence-electron chi connectivity index (χ1n) is 11.2. The third kappa shape index (κ3) is 4.04. The Labute approximate surface area is 184 Å². The van der Waals surface area contributed by atoms with E-state index < -0.39 is 5.92 Å². The van der Waals surface area contributed by atoms with Crippen molar-refractivity contribution in [2.75, 3.05) is 33.8 Å². The van der Waals surface area contributed by atoms with Crippen LogP contribution in [-0.2, 0) is 4.79 Å². The van der Waals surface area contributed by atoms with Gasteiger partial charge in [-0.2, -0.15) is 0 Å². The molecule has 0 radical (unpaired) electrons. The summed E-state index contributed by atoms with van der Waals surface area (Å²) in [4.78, 5) is 30.0. The minimum atomic E-state index is -0.459. The van der Waals surface area contributed by atoms with Crippen LogP contribution in [0.15, 0.2) is 48.5 Å². The lowest BCUT2D eigenvalue weighted by molar-refractivity contribution is -0.909. The molecule has 164 valence electrons. The van der Waals surface area contributed by atoms with Gasteiger partial charge in [-0.05, 0) is 36.2 Å². The molecular weight excluding hydrogens is 390 g/mol. The molecule has 0 bridgehead atoms. The molecule has 2 heterocycles. The number of hydrogen-bond donors (Lipinski definition) is 2. The first-order valence-corrected chi connectivity index (χ1v) is 11.2. The molecule has 2 aliphatic heterocycles. The largest absolute Gasteiger partial charge is 0.497 e. The van der Waals surface area contributed by atoms with Gasteiger partial charge in [-0.3, -0.25) is 9.59 Å². The van der Waals surface area contributed by atoms with Gasteiger partial charge in [0.05, 0.1) is 38.7 Å². The molecule has 2 aliphatic rings. The van der Waals surface area contributed by atoms with Crippen LogP contribution in [-0.4, -0.2) is 56.5 Å². The second-order valence-corrected chi connectivity index (χ2v) is 8.55. The van der Waals surface area contributed by atoms with Gasteiger partial charge in [0.2, 0.25) is 5.91 Å². The van der Waals surface area contributed by atoms with Crippen LogP contribution in [0.4, 0.5) is 0 Å². The highest BCUT2D eigenvalue weighted by molar-refractivity contribution is 6.01. The third-order valence-electron chi connectivity index (χ3n) is 6.92. The average molecular weight is 423 g/mol. The van der Waals surface area contributed by atoms with Crippen LogP contribution >= 0.6 is 0 Å². The van der Waals surface area contributed by atoms with E-state index in [1.807, 2.05) is 48.5 Å². The van der Waals surface area contributed by atoms with Crippen LogP contribution in [0.1, 0.15) is 53.2 Å². The number of carbonyl (C=O) groups is 2. The van der Waals surface area contributed by atoms with Gasteiger partial charge in [0.1, 0.15) is 11.8 Å². The van der Waals surface area contributed by atoms with Crippen molar-refractivity contribution in [1.29, 1.82) is 0 Å². The van der Waals surface area contributed by atoms with Gasteiger partial charge in [0.15, 0.2) is 0 Å². The lowest BCUT2D eigenvalue weighted by atomic mass is 9.79. The van der Waals surface area contributed by atoms with Gasteiger partial charge in [-0.25, -0.2) is 0 Å². The summed E-state index contributed by atoms with van der Waals surface area (Å²) in [7, 11) is 3.41. The number of nitrogens with one attached hydrogen (secondary N) is 2. The smallest absolute Gasteiger partial charge is 0.254 e. The van der Waals surface area contributed by atoms with Crippen molar-refractivity contribution in [3.63, 3.8) is 0 Å². The highest BCUT2D eigenvalue weighted by Gasteiger charge is 2.43. The predicted molar refractivity (Wildman–Crippen MR) is 119 cm³/mol. The van der Waals surface area contributed by atoms with Crippen LogP contribution in [0.2, 0.25) is 0 Å². The fourth-order valence-electron chi connectivity index (χ4n) is 5.20. The number of likely N-dealkylation sites (N-methyl/N-ethyl adjacent to an activating group) is 2. The Kier molecular flexibility index (Phi) is 6.28. The number of amides is 2. The molecule has 0 aromatic heterocycles. The molecule has 0 spiro atoms. The van der Waals surface area contributed by atoms with Gasteiger partial charge >= 0.3 is 0 Å². The van der Waals surface area contributed by atoms with E-state index in [-0.39, 0.29) is 17.9 Å². The van der Waals surface area contributed by atoms with Crippen LogP contribution in [0.5, 0.6) is 5.75 Å². The van der Waals surface area contributed by atoms with E-state index in [2.05, 4.69) is 12.2 Å². The van der Waals surface area contributed by atoms with Crippen molar-refractivity contribution in [1.82, 2.24) is 10.2 Å².